The van der Waals surface area contributed by atoms with Crippen molar-refractivity contribution in [1.29, 1.82) is 0 Å². The zero-order chi connectivity index (χ0) is 25.8. The lowest BCUT2D eigenvalue weighted by Gasteiger charge is -2.10. The van der Waals surface area contributed by atoms with Crippen LogP contribution in [0.3, 0.4) is 0 Å². The molecule has 2 aromatic heterocycles. The van der Waals surface area contributed by atoms with Gasteiger partial charge in [-0.15, -0.1) is 0 Å². The standard InChI is InChI=1S/C24H26N4O7S2/c29-11-1-12-34-20-9-8-19-23(26-20)36-24(25-19)27-22(30)21(28-35-16-10-13-33-14-16)15-2-4-17(5-3-15)37(31,32)18-6-7-18/h2-5,8-9,16,18,29H,1,6-7,10-14H2,(H,25,27,30)/b28-21+/t16-/m1/s1. The lowest BCUT2D eigenvalue weighted by atomic mass is 10.1. The third-order valence-corrected chi connectivity index (χ3v) is 8.98. The zero-order valence-electron chi connectivity index (χ0n) is 19.8. The van der Waals surface area contributed by atoms with Crippen molar-refractivity contribution in [2.45, 2.75) is 41.9 Å². The van der Waals surface area contributed by atoms with Crippen molar-refractivity contribution in [2.24, 2.45) is 5.16 Å². The Bertz CT molecular complexity index is 1400. The average Bonchev–Trinajstić information content (AvgIpc) is 3.50. The summed E-state index contributed by atoms with van der Waals surface area (Å²) in [5, 5.41) is 15.8. The summed E-state index contributed by atoms with van der Waals surface area (Å²) in [6.45, 7) is 1.30. The van der Waals surface area contributed by atoms with Crippen LogP contribution in [0.25, 0.3) is 10.3 Å². The minimum absolute atomic E-state index is 0.0116. The van der Waals surface area contributed by atoms with E-state index in [4.69, 9.17) is 19.4 Å². The summed E-state index contributed by atoms with van der Waals surface area (Å²) in [4.78, 5) is 28.4. The van der Waals surface area contributed by atoms with Gasteiger partial charge < -0.3 is 19.4 Å². The number of carbonyl (C=O) groups is 1. The smallest absolute Gasteiger partial charge is 0.280 e. The first-order valence-electron chi connectivity index (χ1n) is 11.9. The highest BCUT2D eigenvalue weighted by atomic mass is 32.2. The van der Waals surface area contributed by atoms with Gasteiger partial charge in [-0.25, -0.2) is 18.4 Å². The van der Waals surface area contributed by atoms with Crippen molar-refractivity contribution in [1.82, 2.24) is 9.97 Å². The summed E-state index contributed by atoms with van der Waals surface area (Å²) in [5.41, 5.74) is 0.981. The minimum atomic E-state index is -3.35. The van der Waals surface area contributed by atoms with Crippen LogP contribution in [0.5, 0.6) is 5.88 Å². The molecule has 5 rings (SSSR count). The van der Waals surface area contributed by atoms with E-state index in [0.717, 1.165) is 0 Å². The zero-order valence-corrected chi connectivity index (χ0v) is 21.5. The molecule has 1 aliphatic carbocycles. The number of oxime groups is 1. The highest BCUT2D eigenvalue weighted by Crippen LogP contribution is 2.33. The predicted octanol–water partition coefficient (Wildman–Crippen LogP) is 2.54. The molecule has 3 heterocycles. The number of benzene rings is 1. The van der Waals surface area contributed by atoms with Crippen LogP contribution in [0, 0.1) is 0 Å². The van der Waals surface area contributed by atoms with Crippen molar-refractivity contribution in [3.05, 3.63) is 42.0 Å². The SMILES string of the molecule is O=C(Nc1nc2ccc(OCCCO)nc2s1)/C(=N/O[C@@H]1CCOC1)c1ccc(S(=O)(=O)C2CC2)cc1. The number of carbonyl (C=O) groups excluding carboxylic acids is 1. The molecule has 1 atom stereocenters. The maximum atomic E-state index is 13.3. The van der Waals surface area contributed by atoms with Crippen LogP contribution < -0.4 is 10.1 Å². The van der Waals surface area contributed by atoms with E-state index in [-0.39, 0.29) is 28.6 Å². The van der Waals surface area contributed by atoms with Crippen LogP contribution in [0.4, 0.5) is 5.13 Å². The van der Waals surface area contributed by atoms with Gasteiger partial charge in [0.2, 0.25) is 5.88 Å². The maximum absolute atomic E-state index is 13.3. The number of nitrogens with one attached hydrogen (secondary N) is 1. The van der Waals surface area contributed by atoms with Crippen molar-refractivity contribution in [3.63, 3.8) is 0 Å². The fraction of sp³-hybridized carbons (Fsp3) is 0.417. The molecule has 3 aromatic rings. The van der Waals surface area contributed by atoms with Gasteiger partial charge in [-0.05, 0) is 31.0 Å². The summed E-state index contributed by atoms with van der Waals surface area (Å²) in [6.07, 6.45) is 2.22. The normalized spacial score (nSPS) is 18.2. The van der Waals surface area contributed by atoms with E-state index >= 15 is 0 Å². The van der Waals surface area contributed by atoms with E-state index < -0.39 is 15.7 Å². The van der Waals surface area contributed by atoms with Crippen molar-refractivity contribution >= 4 is 48.3 Å². The Morgan fingerprint density at radius 2 is 1.97 bits per heavy atom. The van der Waals surface area contributed by atoms with Crippen LogP contribution in [-0.2, 0) is 24.2 Å². The van der Waals surface area contributed by atoms with E-state index in [9.17, 15) is 13.2 Å². The number of nitrogens with zero attached hydrogens (tertiary/aromatic N) is 3. The molecule has 1 saturated carbocycles. The second kappa shape index (κ2) is 11.1. The molecule has 0 spiro atoms. The Labute approximate surface area is 217 Å². The van der Waals surface area contributed by atoms with Gasteiger partial charge in [0.25, 0.3) is 5.91 Å². The predicted molar refractivity (Wildman–Crippen MR) is 137 cm³/mol. The van der Waals surface area contributed by atoms with Gasteiger partial charge in [-0.2, -0.15) is 0 Å². The fourth-order valence-electron chi connectivity index (χ4n) is 3.65. The van der Waals surface area contributed by atoms with Crippen molar-refractivity contribution < 1.29 is 32.6 Å². The number of pyridine rings is 1. The number of rotatable bonds is 11. The second-order valence-corrected chi connectivity index (χ2v) is 11.9. The monoisotopic (exact) mass is 546 g/mol. The van der Waals surface area contributed by atoms with E-state index in [2.05, 4.69) is 20.4 Å². The third kappa shape index (κ3) is 6.06. The molecule has 11 nitrogen and oxygen atoms in total. The molecule has 1 saturated heterocycles. The van der Waals surface area contributed by atoms with Gasteiger partial charge >= 0.3 is 0 Å². The molecule has 2 fully saturated rings. The number of sulfone groups is 1. The Morgan fingerprint density at radius 1 is 1.16 bits per heavy atom. The molecular formula is C24H26N4O7S2. The number of anilines is 1. The Morgan fingerprint density at radius 3 is 2.68 bits per heavy atom. The molecule has 37 heavy (non-hydrogen) atoms. The van der Waals surface area contributed by atoms with E-state index in [0.29, 0.717) is 72.4 Å². The van der Waals surface area contributed by atoms with E-state index in [1.165, 1.54) is 23.5 Å². The number of aliphatic hydroxyl groups is 1. The number of thiazole rings is 1. The largest absolute Gasteiger partial charge is 0.478 e. The molecule has 1 amide bonds. The number of hydrogen-bond donors (Lipinski definition) is 2. The topological polar surface area (TPSA) is 149 Å². The van der Waals surface area contributed by atoms with Gasteiger partial charge in [0.15, 0.2) is 26.8 Å². The summed E-state index contributed by atoms with van der Waals surface area (Å²) >= 11 is 1.17. The quantitative estimate of drug-likeness (QED) is 0.210. The molecule has 2 aliphatic rings. The minimum Gasteiger partial charge on any atom is -0.478 e. The van der Waals surface area contributed by atoms with Crippen LogP contribution in [0.1, 0.15) is 31.2 Å². The number of amides is 1. The third-order valence-electron chi connectivity index (χ3n) is 5.82. The second-order valence-electron chi connectivity index (χ2n) is 8.67. The van der Waals surface area contributed by atoms with E-state index in [1.54, 1.807) is 24.3 Å². The van der Waals surface area contributed by atoms with Gasteiger partial charge in [0, 0.05) is 31.1 Å². The van der Waals surface area contributed by atoms with Gasteiger partial charge in [-0.3, -0.25) is 10.1 Å². The first-order valence-corrected chi connectivity index (χ1v) is 14.3. The van der Waals surface area contributed by atoms with Gasteiger partial charge in [0.05, 0.1) is 30.0 Å². The van der Waals surface area contributed by atoms with Crippen LogP contribution >= 0.6 is 11.3 Å². The number of aliphatic hydroxyl groups excluding tert-OH is 1. The fourth-order valence-corrected chi connectivity index (χ4v) is 6.14. The van der Waals surface area contributed by atoms with Crippen molar-refractivity contribution in [2.75, 3.05) is 31.7 Å². The summed E-state index contributed by atoms with van der Waals surface area (Å²) in [7, 11) is -3.35. The summed E-state index contributed by atoms with van der Waals surface area (Å²) in [5.74, 6) is -0.159. The molecule has 13 heteroatoms. The van der Waals surface area contributed by atoms with Crippen molar-refractivity contribution in [3.8, 4) is 5.88 Å². The molecule has 1 aromatic carbocycles. The van der Waals surface area contributed by atoms with Gasteiger partial charge in [-0.1, -0.05) is 28.6 Å². The lowest BCUT2D eigenvalue weighted by molar-refractivity contribution is -0.110. The van der Waals surface area contributed by atoms with Crippen LogP contribution in [-0.4, -0.2) is 72.9 Å². The van der Waals surface area contributed by atoms with Gasteiger partial charge in [0.1, 0.15) is 10.3 Å². The molecule has 1 aliphatic heterocycles. The Kier molecular flexibility index (Phi) is 7.65. The van der Waals surface area contributed by atoms with E-state index in [1.807, 2.05) is 0 Å². The molecule has 0 radical (unpaired) electrons. The number of aromatic nitrogens is 2. The highest BCUT2D eigenvalue weighted by Gasteiger charge is 2.36. The maximum Gasteiger partial charge on any atom is 0.280 e. The Balaban J connectivity index is 1.36. The molecule has 0 bridgehead atoms. The Hall–Kier alpha value is -3.13. The van der Waals surface area contributed by atoms with Crippen LogP contribution in [0.2, 0.25) is 0 Å². The number of ether oxygens (including phenoxy) is 2. The summed E-state index contributed by atoms with van der Waals surface area (Å²) < 4.78 is 35.9. The number of fused-ring (bicyclic) bond motifs is 1. The lowest BCUT2D eigenvalue weighted by Crippen LogP contribution is -2.25. The molecule has 0 unspecified atom stereocenters. The first kappa shape index (κ1) is 25.5. The first-order chi connectivity index (χ1) is 17.9. The number of hydrogen-bond acceptors (Lipinski definition) is 11. The highest BCUT2D eigenvalue weighted by molar-refractivity contribution is 7.92. The molecule has 196 valence electrons. The molecule has 2 N–H and O–H groups in total. The molecular weight excluding hydrogens is 520 g/mol. The average molecular weight is 547 g/mol. The van der Waals surface area contributed by atoms with Crippen LogP contribution in [0.15, 0.2) is 46.4 Å². The summed E-state index contributed by atoms with van der Waals surface area (Å²) in [6, 6.07) is 9.50.